The smallest absolute Gasteiger partial charge is 0.278 e. The zero-order valence-corrected chi connectivity index (χ0v) is 5.97. The molecule has 1 rings (SSSR count). The Morgan fingerprint density at radius 2 is 2.45 bits per heavy atom. The number of hydrazone groups is 1. The number of hydrogen-bond acceptors (Lipinski definition) is 3. The van der Waals surface area contributed by atoms with Crippen molar-refractivity contribution in [1.82, 2.24) is 5.43 Å². The highest BCUT2D eigenvalue weighted by atomic mass is 19.3. The van der Waals surface area contributed by atoms with E-state index in [1.54, 1.807) is 0 Å². The van der Waals surface area contributed by atoms with Crippen molar-refractivity contribution in [2.45, 2.75) is 25.8 Å². The van der Waals surface area contributed by atoms with Gasteiger partial charge in [0.1, 0.15) is 11.8 Å². The molecule has 0 saturated carbocycles. The predicted molar refractivity (Wildman–Crippen MR) is 35.7 cm³/mol. The van der Waals surface area contributed by atoms with Crippen LogP contribution in [-0.4, -0.2) is 24.0 Å². The number of Topliss-reactive ketones (excluding diaryl/α,β-unsaturated/α-hetero) is 1. The largest absolute Gasteiger partial charge is 0.299 e. The van der Waals surface area contributed by atoms with Crippen molar-refractivity contribution in [2.75, 3.05) is 0 Å². The molecule has 0 fully saturated rings. The van der Waals surface area contributed by atoms with E-state index < -0.39 is 12.5 Å². The zero-order chi connectivity index (χ0) is 8.43. The van der Waals surface area contributed by atoms with Gasteiger partial charge in [0, 0.05) is 6.42 Å². The average Bonchev–Trinajstić information content (AvgIpc) is 2.33. The third kappa shape index (κ3) is 1.72. The molecule has 0 aliphatic carbocycles. The fraction of sp³-hybridized carbons (Fsp3) is 0.667. The molecule has 1 aliphatic heterocycles. The van der Waals surface area contributed by atoms with Gasteiger partial charge in [0.05, 0.1) is 0 Å². The van der Waals surface area contributed by atoms with Crippen molar-refractivity contribution in [2.24, 2.45) is 5.10 Å². The van der Waals surface area contributed by atoms with Crippen LogP contribution in [-0.2, 0) is 4.79 Å². The lowest BCUT2D eigenvalue weighted by Gasteiger charge is -2.02. The SMILES string of the molecule is CC(=O)C1CC(C(F)F)=NN1. The van der Waals surface area contributed by atoms with Crippen LogP contribution >= 0.6 is 0 Å². The lowest BCUT2D eigenvalue weighted by Crippen LogP contribution is -2.27. The third-order valence-electron chi connectivity index (χ3n) is 1.52. The van der Waals surface area contributed by atoms with Gasteiger partial charge in [-0.15, -0.1) is 0 Å². The molecule has 1 aliphatic rings. The minimum absolute atomic E-state index is 0.0347. The van der Waals surface area contributed by atoms with Gasteiger partial charge in [0.2, 0.25) is 0 Å². The first-order chi connectivity index (χ1) is 5.11. The van der Waals surface area contributed by atoms with Gasteiger partial charge in [-0.1, -0.05) is 0 Å². The normalized spacial score (nSPS) is 23.3. The van der Waals surface area contributed by atoms with Gasteiger partial charge in [-0.25, -0.2) is 8.78 Å². The summed E-state index contributed by atoms with van der Waals surface area (Å²) in [4.78, 5) is 10.6. The summed E-state index contributed by atoms with van der Waals surface area (Å²) in [6.45, 7) is 1.35. The van der Waals surface area contributed by atoms with Crippen molar-refractivity contribution in [3.05, 3.63) is 0 Å². The molecule has 5 heteroatoms. The monoisotopic (exact) mass is 162 g/mol. The highest BCUT2D eigenvalue weighted by molar-refractivity contribution is 5.95. The van der Waals surface area contributed by atoms with E-state index in [1.165, 1.54) is 6.92 Å². The Kier molecular flexibility index (Phi) is 2.16. The predicted octanol–water partition coefficient (Wildman–Crippen LogP) is 0.558. The number of halogens is 2. The van der Waals surface area contributed by atoms with Crippen LogP contribution in [0.3, 0.4) is 0 Å². The van der Waals surface area contributed by atoms with Crippen LogP contribution in [0.2, 0.25) is 0 Å². The second-order valence-corrected chi connectivity index (χ2v) is 2.40. The molecule has 0 spiro atoms. The lowest BCUT2D eigenvalue weighted by atomic mass is 10.1. The van der Waals surface area contributed by atoms with E-state index in [1.807, 2.05) is 0 Å². The molecule has 0 bridgehead atoms. The standard InChI is InChI=1S/C6H8F2N2O/c1-3(11)4-2-5(6(7)8)10-9-4/h4,6,9H,2H2,1H3. The first kappa shape index (κ1) is 8.10. The van der Waals surface area contributed by atoms with Gasteiger partial charge in [0.15, 0.2) is 5.78 Å². The number of nitrogens with zero attached hydrogens (tertiary/aromatic N) is 1. The van der Waals surface area contributed by atoms with Crippen molar-refractivity contribution in [3.8, 4) is 0 Å². The van der Waals surface area contributed by atoms with E-state index in [-0.39, 0.29) is 17.9 Å². The maximum Gasteiger partial charge on any atom is 0.278 e. The highest BCUT2D eigenvalue weighted by Crippen LogP contribution is 2.10. The van der Waals surface area contributed by atoms with Gasteiger partial charge < -0.3 is 0 Å². The van der Waals surface area contributed by atoms with Crippen molar-refractivity contribution in [3.63, 3.8) is 0 Å². The van der Waals surface area contributed by atoms with E-state index in [9.17, 15) is 13.6 Å². The summed E-state index contributed by atoms with van der Waals surface area (Å²) in [7, 11) is 0. The molecule has 0 saturated heterocycles. The summed E-state index contributed by atoms with van der Waals surface area (Å²) in [5, 5.41) is 3.33. The van der Waals surface area contributed by atoms with Crippen LogP contribution < -0.4 is 5.43 Å². The van der Waals surface area contributed by atoms with Gasteiger partial charge >= 0.3 is 0 Å². The van der Waals surface area contributed by atoms with Crippen LogP contribution in [0.1, 0.15) is 13.3 Å². The van der Waals surface area contributed by atoms with Crippen LogP contribution in [0, 0.1) is 0 Å². The van der Waals surface area contributed by atoms with Crippen LogP contribution in [0.15, 0.2) is 5.10 Å². The molecule has 1 N–H and O–H groups in total. The van der Waals surface area contributed by atoms with Gasteiger partial charge in [-0.05, 0) is 6.92 Å². The summed E-state index contributed by atoms with van der Waals surface area (Å²) in [6.07, 6.45) is -2.51. The Morgan fingerprint density at radius 3 is 2.73 bits per heavy atom. The van der Waals surface area contributed by atoms with Crippen LogP contribution in [0.4, 0.5) is 8.78 Å². The Balaban J connectivity index is 2.49. The third-order valence-corrected chi connectivity index (χ3v) is 1.52. The number of nitrogens with one attached hydrogen (secondary N) is 1. The fourth-order valence-corrected chi connectivity index (χ4v) is 0.834. The molecule has 11 heavy (non-hydrogen) atoms. The lowest BCUT2D eigenvalue weighted by molar-refractivity contribution is -0.118. The topological polar surface area (TPSA) is 41.5 Å². The number of ketones is 1. The van der Waals surface area contributed by atoms with Gasteiger partial charge in [-0.3, -0.25) is 10.2 Å². The molecule has 0 aromatic rings. The molecule has 0 aromatic carbocycles. The number of alkyl halides is 2. The number of hydrogen-bond donors (Lipinski definition) is 1. The molecule has 62 valence electrons. The summed E-state index contributed by atoms with van der Waals surface area (Å²) in [6, 6.07) is -0.543. The molecule has 0 radical (unpaired) electrons. The molecule has 1 unspecified atom stereocenters. The quantitative estimate of drug-likeness (QED) is 0.644. The Hall–Kier alpha value is -1.00. The van der Waals surface area contributed by atoms with Crippen LogP contribution in [0.25, 0.3) is 0 Å². The number of carbonyl (C=O) groups is 1. The molecule has 1 atom stereocenters. The fourth-order valence-electron chi connectivity index (χ4n) is 0.834. The summed E-state index contributed by atoms with van der Waals surface area (Å²) >= 11 is 0. The van der Waals surface area contributed by atoms with Crippen molar-refractivity contribution >= 4 is 11.5 Å². The van der Waals surface area contributed by atoms with Crippen LogP contribution in [0.5, 0.6) is 0 Å². The minimum Gasteiger partial charge on any atom is -0.299 e. The maximum absolute atomic E-state index is 11.9. The van der Waals surface area contributed by atoms with E-state index in [0.29, 0.717) is 0 Å². The summed E-state index contributed by atoms with van der Waals surface area (Å²) < 4.78 is 23.8. The van der Waals surface area contributed by atoms with Gasteiger partial charge in [-0.2, -0.15) is 5.10 Å². The second-order valence-electron chi connectivity index (χ2n) is 2.40. The molecule has 0 aromatic heterocycles. The highest BCUT2D eigenvalue weighted by Gasteiger charge is 2.26. The Morgan fingerprint density at radius 1 is 1.82 bits per heavy atom. The Bertz CT molecular complexity index is 203. The summed E-state index contributed by atoms with van der Waals surface area (Å²) in [5.74, 6) is -0.163. The zero-order valence-electron chi connectivity index (χ0n) is 5.97. The molecular formula is C6H8F2N2O. The van der Waals surface area contributed by atoms with Crippen molar-refractivity contribution in [1.29, 1.82) is 0 Å². The first-order valence-electron chi connectivity index (χ1n) is 3.22. The molecule has 0 amide bonds. The van der Waals surface area contributed by atoms with E-state index in [2.05, 4.69) is 10.5 Å². The van der Waals surface area contributed by atoms with E-state index >= 15 is 0 Å². The summed E-state index contributed by atoms with van der Waals surface area (Å²) in [5.41, 5.74) is 2.11. The maximum atomic E-state index is 11.9. The number of rotatable bonds is 2. The average molecular weight is 162 g/mol. The number of carbonyl (C=O) groups excluding carboxylic acids is 1. The molecule has 1 heterocycles. The van der Waals surface area contributed by atoms with E-state index in [0.717, 1.165) is 0 Å². The Labute approximate surface area is 62.5 Å². The van der Waals surface area contributed by atoms with Crippen molar-refractivity contribution < 1.29 is 13.6 Å². The first-order valence-corrected chi connectivity index (χ1v) is 3.22. The second kappa shape index (κ2) is 2.94. The minimum atomic E-state index is -2.55. The van der Waals surface area contributed by atoms with Gasteiger partial charge in [0.25, 0.3) is 6.43 Å². The molecular weight excluding hydrogens is 154 g/mol. The molecule has 3 nitrogen and oxygen atoms in total. The van der Waals surface area contributed by atoms with E-state index in [4.69, 9.17) is 0 Å².